The number of carbonyl (C=O) groups excluding carboxylic acids is 1. The van der Waals surface area contributed by atoms with E-state index < -0.39 is 13.2 Å². The van der Waals surface area contributed by atoms with E-state index in [9.17, 15) is 14.9 Å². The average molecular weight is 336 g/mol. The molecule has 6 nitrogen and oxygen atoms in total. The molecule has 7 heteroatoms. The van der Waals surface area contributed by atoms with Crippen LogP contribution >= 0.6 is 0 Å². The van der Waals surface area contributed by atoms with Gasteiger partial charge in [0.25, 0.3) is 11.6 Å². The Morgan fingerprint density at radius 2 is 2.00 bits per heavy atom. The second-order valence-electron chi connectivity index (χ2n) is 7.43. The number of non-ortho nitro benzene ring substituents is 1. The van der Waals surface area contributed by atoms with Gasteiger partial charge < -0.3 is 9.33 Å². The molecule has 0 radical (unpaired) electrons. The maximum Gasteiger partial charge on any atom is 0.269 e. The third-order valence-electron chi connectivity index (χ3n) is 4.81. The van der Waals surface area contributed by atoms with Gasteiger partial charge in [-0.1, -0.05) is 20.8 Å². The molecule has 2 rings (SSSR count). The topological polar surface area (TPSA) is 72.7 Å². The number of nitro groups is 1. The fourth-order valence-electron chi connectivity index (χ4n) is 2.29. The summed E-state index contributed by atoms with van der Waals surface area (Å²) in [6.45, 7) is 12.3. The number of amides is 1. The molecule has 0 unspecified atom stereocenters. The predicted octanol–water partition coefficient (Wildman–Crippen LogP) is 3.57. The van der Waals surface area contributed by atoms with Gasteiger partial charge in [0.05, 0.1) is 11.5 Å². The fourth-order valence-corrected chi connectivity index (χ4v) is 3.32. The first-order valence-corrected chi connectivity index (χ1v) is 10.6. The van der Waals surface area contributed by atoms with Crippen LogP contribution in [-0.4, -0.2) is 37.2 Å². The van der Waals surface area contributed by atoms with E-state index >= 15 is 0 Å². The number of nitro benzene ring substituents is 1. The van der Waals surface area contributed by atoms with Crippen LogP contribution in [0.4, 0.5) is 5.69 Å². The molecular formula is C16H24N2O4Si. The third kappa shape index (κ3) is 3.61. The molecule has 1 amide bonds. The number of rotatable bonds is 5. The number of hydrogen-bond acceptors (Lipinski definition) is 4. The summed E-state index contributed by atoms with van der Waals surface area (Å²) < 4.78 is 6.10. The van der Waals surface area contributed by atoms with E-state index in [0.29, 0.717) is 25.3 Å². The summed E-state index contributed by atoms with van der Waals surface area (Å²) in [4.78, 5) is 24.4. The van der Waals surface area contributed by atoms with Crippen molar-refractivity contribution < 1.29 is 14.1 Å². The third-order valence-corrected chi connectivity index (χ3v) is 9.35. The Morgan fingerprint density at radius 3 is 2.57 bits per heavy atom. The highest BCUT2D eigenvalue weighted by atomic mass is 28.4. The molecule has 1 aromatic rings. The number of fused-ring (bicyclic) bond motifs is 1. The van der Waals surface area contributed by atoms with Crippen molar-refractivity contribution in [1.82, 2.24) is 4.90 Å². The molecule has 0 spiro atoms. The minimum atomic E-state index is -1.83. The Morgan fingerprint density at radius 1 is 1.35 bits per heavy atom. The fraction of sp³-hybridized carbons (Fsp3) is 0.562. The second kappa shape index (κ2) is 6.05. The Kier molecular flexibility index (Phi) is 4.63. The zero-order chi connectivity index (χ0) is 17.4. The van der Waals surface area contributed by atoms with E-state index in [1.54, 1.807) is 11.0 Å². The van der Waals surface area contributed by atoms with Crippen molar-refractivity contribution in [3.8, 4) is 0 Å². The van der Waals surface area contributed by atoms with E-state index in [1.165, 1.54) is 12.1 Å². The summed E-state index contributed by atoms with van der Waals surface area (Å²) >= 11 is 0. The highest BCUT2D eigenvalue weighted by Crippen LogP contribution is 2.36. The molecule has 0 fully saturated rings. The van der Waals surface area contributed by atoms with Crippen LogP contribution in [0.1, 0.15) is 36.7 Å². The average Bonchev–Trinajstić information content (AvgIpc) is 2.73. The van der Waals surface area contributed by atoms with Crippen LogP contribution in [0.15, 0.2) is 18.2 Å². The van der Waals surface area contributed by atoms with Crippen LogP contribution in [0.5, 0.6) is 0 Å². The van der Waals surface area contributed by atoms with Gasteiger partial charge in [0.1, 0.15) is 0 Å². The minimum Gasteiger partial charge on any atom is -0.415 e. The second-order valence-corrected chi connectivity index (χ2v) is 12.2. The normalized spacial score (nSPS) is 15.0. The van der Waals surface area contributed by atoms with Crippen molar-refractivity contribution in [2.24, 2.45) is 0 Å². The molecule has 1 aromatic carbocycles. The summed E-state index contributed by atoms with van der Waals surface area (Å²) in [7, 11) is -1.83. The molecule has 1 heterocycles. The van der Waals surface area contributed by atoms with Gasteiger partial charge in [-0.15, -0.1) is 0 Å². The highest BCUT2D eigenvalue weighted by molar-refractivity contribution is 6.74. The van der Waals surface area contributed by atoms with E-state index in [0.717, 1.165) is 5.56 Å². The maximum atomic E-state index is 12.3. The molecule has 0 atom stereocenters. The maximum absolute atomic E-state index is 12.3. The van der Waals surface area contributed by atoms with Crippen molar-refractivity contribution in [3.05, 3.63) is 39.4 Å². The first kappa shape index (κ1) is 17.6. The lowest BCUT2D eigenvalue weighted by molar-refractivity contribution is -0.384. The number of hydrogen-bond donors (Lipinski definition) is 0. The van der Waals surface area contributed by atoms with Gasteiger partial charge in [0.2, 0.25) is 0 Å². The van der Waals surface area contributed by atoms with Crippen LogP contribution < -0.4 is 0 Å². The predicted molar refractivity (Wildman–Crippen MR) is 91.0 cm³/mol. The van der Waals surface area contributed by atoms with E-state index in [-0.39, 0.29) is 16.6 Å². The molecule has 0 N–H and O–H groups in total. The van der Waals surface area contributed by atoms with Gasteiger partial charge in [-0.05, 0) is 29.8 Å². The molecule has 1 aliphatic heterocycles. The van der Waals surface area contributed by atoms with Gasteiger partial charge in [-0.25, -0.2) is 0 Å². The quantitative estimate of drug-likeness (QED) is 0.468. The number of nitrogens with zero attached hydrogens (tertiary/aromatic N) is 2. The molecule has 0 saturated heterocycles. The summed E-state index contributed by atoms with van der Waals surface area (Å²) in [6.07, 6.45) is 0. The van der Waals surface area contributed by atoms with Crippen LogP contribution in [0.25, 0.3) is 0 Å². The number of benzene rings is 1. The monoisotopic (exact) mass is 336 g/mol. The Bertz CT molecular complexity index is 637. The number of carbonyl (C=O) groups is 1. The zero-order valence-electron chi connectivity index (χ0n) is 14.4. The van der Waals surface area contributed by atoms with Crippen LogP contribution in [0.2, 0.25) is 18.1 Å². The Balaban J connectivity index is 1.99. The molecule has 0 bridgehead atoms. The van der Waals surface area contributed by atoms with Crippen molar-refractivity contribution in [2.45, 2.75) is 45.4 Å². The van der Waals surface area contributed by atoms with Crippen LogP contribution in [0, 0.1) is 10.1 Å². The molecule has 126 valence electrons. The molecule has 1 aliphatic rings. The SMILES string of the molecule is CC(C)(C)[Si](C)(C)OCCN1Cc2cc([N+](=O)[O-])ccc2C1=O. The molecule has 0 aromatic heterocycles. The van der Waals surface area contributed by atoms with Crippen LogP contribution in [0.3, 0.4) is 0 Å². The van der Waals surface area contributed by atoms with Gasteiger partial charge in [-0.2, -0.15) is 0 Å². The highest BCUT2D eigenvalue weighted by Gasteiger charge is 2.37. The van der Waals surface area contributed by atoms with E-state index in [1.807, 2.05) is 0 Å². The van der Waals surface area contributed by atoms with Crippen molar-refractivity contribution in [2.75, 3.05) is 13.2 Å². The van der Waals surface area contributed by atoms with Crippen molar-refractivity contribution in [3.63, 3.8) is 0 Å². The summed E-state index contributed by atoms with van der Waals surface area (Å²) in [6, 6.07) is 4.42. The first-order chi connectivity index (χ1) is 10.5. The van der Waals surface area contributed by atoms with Crippen LogP contribution in [-0.2, 0) is 11.0 Å². The molecule has 23 heavy (non-hydrogen) atoms. The van der Waals surface area contributed by atoms with Gasteiger partial charge in [0, 0.05) is 30.8 Å². The molecule has 0 saturated carbocycles. The van der Waals surface area contributed by atoms with Gasteiger partial charge in [-0.3, -0.25) is 14.9 Å². The Labute approximate surface area is 137 Å². The molecule has 0 aliphatic carbocycles. The lowest BCUT2D eigenvalue weighted by Gasteiger charge is -2.36. The summed E-state index contributed by atoms with van der Waals surface area (Å²) in [5, 5.41) is 11.0. The van der Waals surface area contributed by atoms with E-state index in [2.05, 4.69) is 33.9 Å². The van der Waals surface area contributed by atoms with Crippen molar-refractivity contribution in [1.29, 1.82) is 0 Å². The van der Waals surface area contributed by atoms with E-state index in [4.69, 9.17) is 4.43 Å². The zero-order valence-corrected chi connectivity index (χ0v) is 15.4. The first-order valence-electron chi connectivity index (χ1n) is 7.73. The van der Waals surface area contributed by atoms with Crippen molar-refractivity contribution >= 4 is 19.9 Å². The summed E-state index contributed by atoms with van der Waals surface area (Å²) in [5.41, 5.74) is 1.30. The standard InChI is InChI=1S/C16H24N2O4Si/c1-16(2,3)23(4,5)22-9-8-17-11-12-10-13(18(20)21)6-7-14(12)15(17)19/h6-7,10H,8-9,11H2,1-5H3. The molecular weight excluding hydrogens is 312 g/mol. The lowest BCUT2D eigenvalue weighted by atomic mass is 10.1. The minimum absolute atomic E-state index is 0.0240. The Hall–Kier alpha value is -1.73. The lowest BCUT2D eigenvalue weighted by Crippen LogP contribution is -2.42. The van der Waals surface area contributed by atoms with Gasteiger partial charge >= 0.3 is 0 Å². The summed E-state index contributed by atoms with van der Waals surface area (Å²) in [5.74, 6) is -0.0753. The van der Waals surface area contributed by atoms with Gasteiger partial charge in [0.15, 0.2) is 8.32 Å². The smallest absolute Gasteiger partial charge is 0.269 e. The largest absolute Gasteiger partial charge is 0.415 e.